The first kappa shape index (κ1) is 81.1. The second-order valence-corrected chi connectivity index (χ2v) is 17.0. The van der Waals surface area contributed by atoms with Crippen LogP contribution in [0.15, 0.2) is 98.7 Å². The molecule has 0 aromatic rings. The number of nitrogens with zero attached hydrogens (tertiary/aromatic N) is 4. The zero-order chi connectivity index (χ0) is 57.8. The van der Waals surface area contributed by atoms with E-state index < -0.39 is 41.5 Å². The van der Waals surface area contributed by atoms with E-state index >= 15 is 0 Å². The molecule has 0 radical (unpaired) electrons. The maximum atomic E-state index is 11.6. The second kappa shape index (κ2) is 45.1. The fraction of sp³-hybridized carbons (Fsp3) is 0.500. The number of halogens is 1. The minimum absolute atomic E-state index is 0. The van der Waals surface area contributed by atoms with Crippen molar-refractivity contribution in [2.45, 2.75) is 74.3 Å². The molecule has 4 aliphatic rings. The van der Waals surface area contributed by atoms with Crippen molar-refractivity contribution in [3.05, 3.63) is 98.7 Å². The van der Waals surface area contributed by atoms with Crippen LogP contribution in [0.5, 0.6) is 0 Å². The molecule has 30 heteroatoms. The van der Waals surface area contributed by atoms with Crippen molar-refractivity contribution in [2.75, 3.05) is 81.7 Å². The van der Waals surface area contributed by atoms with Crippen molar-refractivity contribution in [1.29, 1.82) is 0 Å². The van der Waals surface area contributed by atoms with E-state index in [1.54, 1.807) is 54.1 Å². The second-order valence-electron chi connectivity index (χ2n) is 16.7. The number of carbonyl (C=O) groups is 4. The van der Waals surface area contributed by atoms with Crippen LogP contribution in [-0.2, 0) is 19.2 Å². The molecule has 0 aromatic carbocycles. The molecule has 4 heterocycles. The Labute approximate surface area is 511 Å². The molecule has 0 saturated carbocycles. The number of carbonyl (C=O) groups excluding carboxylic acids is 4. The van der Waals surface area contributed by atoms with Crippen LogP contribution in [0.1, 0.15) is 27.6 Å². The number of fused-ring (bicyclic) bond motifs is 1. The molecule has 0 spiro atoms. The van der Waals surface area contributed by atoms with Crippen molar-refractivity contribution >= 4 is 35.6 Å². The number of aliphatic hydroxyl groups excluding tert-OH is 2. The molecule has 0 bridgehead atoms. The van der Waals surface area contributed by atoms with Crippen LogP contribution in [0.4, 0.5) is 14.4 Å². The largest absolute Gasteiger partial charge is 1.00 e. The van der Waals surface area contributed by atoms with Gasteiger partial charge in [-0.1, -0.05) is 69.7 Å². The van der Waals surface area contributed by atoms with Gasteiger partial charge in [0.1, 0.15) is 25.4 Å². The van der Waals surface area contributed by atoms with E-state index in [9.17, 15) is 29.7 Å². The number of hydrogen-bond donors (Lipinski definition) is 15. The van der Waals surface area contributed by atoms with Crippen molar-refractivity contribution in [3.8, 4) is 24.2 Å². The molecule has 20 N–H and O–H groups in total. The van der Waals surface area contributed by atoms with E-state index in [0.717, 1.165) is 25.9 Å². The zero-order valence-corrected chi connectivity index (χ0v) is 51.6. The van der Waals surface area contributed by atoms with Gasteiger partial charge in [-0.3, -0.25) is 9.59 Å². The topological polar surface area (TPSA) is 402 Å². The molecule has 2 saturated heterocycles. The SMILES string of the molecule is C#CC#CC.C=C(N)N[C@@H]1/C=C\CCNC(=C)N[C@H]1CO.C=C(N)N[C@@H]1/C=C\CCNC(=C)N[C@H]1COC(=O)N(C)C.C=C(N)N[C@H]1[C@H](COC(=O)N(C)C)NC(=C)N2CC[C@H](O)[C@]12O.CN(C)C(=O)Cl.N.O=CO[O-].[H-].[Na+].[Na+]. The minimum atomic E-state index is -1.61. The zero-order valence-electron chi connectivity index (χ0n) is 47.8. The van der Waals surface area contributed by atoms with E-state index in [2.05, 4.69) is 105 Å². The first-order chi connectivity index (χ1) is 35.2. The smallest absolute Gasteiger partial charge is 1.00 e. The predicted molar refractivity (Wildman–Crippen MR) is 292 cm³/mol. The van der Waals surface area contributed by atoms with E-state index in [0.29, 0.717) is 42.1 Å². The van der Waals surface area contributed by atoms with E-state index in [1.807, 2.05) is 24.3 Å². The molecule has 78 heavy (non-hydrogen) atoms. The summed E-state index contributed by atoms with van der Waals surface area (Å²) in [5, 5.41) is 63.3. The van der Waals surface area contributed by atoms with Crippen LogP contribution in [-0.4, -0.2) is 189 Å². The van der Waals surface area contributed by atoms with Gasteiger partial charge in [0.15, 0.2) is 5.72 Å². The molecule has 0 aliphatic carbocycles. The van der Waals surface area contributed by atoms with Crippen molar-refractivity contribution < 1.29 is 115 Å². The Kier molecular flexibility index (Phi) is 46.9. The van der Waals surface area contributed by atoms with Crippen LogP contribution in [0.2, 0.25) is 0 Å². The molecule has 27 nitrogen and oxygen atoms in total. The number of hydrogen-bond acceptors (Lipinski definition) is 24. The number of rotatable bonds is 12. The summed E-state index contributed by atoms with van der Waals surface area (Å²) in [5.74, 6) is 9.79. The van der Waals surface area contributed by atoms with Gasteiger partial charge in [-0.2, -0.15) is 0 Å². The van der Waals surface area contributed by atoms with Crippen molar-refractivity contribution in [2.24, 2.45) is 17.2 Å². The van der Waals surface area contributed by atoms with Gasteiger partial charge in [0.2, 0.25) is 0 Å². The summed E-state index contributed by atoms with van der Waals surface area (Å²) in [5.41, 5.74) is 15.2. The van der Waals surface area contributed by atoms with Gasteiger partial charge in [-0.15, -0.1) is 6.42 Å². The molecule has 3 amide bonds. The Hall–Kier alpha value is -5.79. The first-order valence-electron chi connectivity index (χ1n) is 22.9. The summed E-state index contributed by atoms with van der Waals surface area (Å²) in [6, 6.07) is -1.94. The maximum Gasteiger partial charge on any atom is 1.00 e. The molecule has 0 aromatic heterocycles. The molecular weight excluding hydrogens is 1060 g/mol. The molecule has 432 valence electrons. The average Bonchev–Trinajstić information content (AvgIpc) is 3.72. The summed E-state index contributed by atoms with van der Waals surface area (Å²) >= 11 is 4.90. The summed E-state index contributed by atoms with van der Waals surface area (Å²) < 4.78 is 10.4. The molecule has 4 aliphatic heterocycles. The van der Waals surface area contributed by atoms with Crippen LogP contribution in [0.25, 0.3) is 0 Å². The fourth-order valence-electron chi connectivity index (χ4n) is 6.54. The molecule has 4 rings (SSSR count). The maximum absolute atomic E-state index is 11.6. The quantitative estimate of drug-likeness (QED) is 0.0126. The Balaban J connectivity index is -0.000000220. The third kappa shape index (κ3) is 33.5. The van der Waals surface area contributed by atoms with Crippen molar-refractivity contribution in [3.63, 3.8) is 0 Å². The number of nitrogens with one attached hydrogen (secondary N) is 8. The number of ether oxygens (including phenoxy) is 2. The van der Waals surface area contributed by atoms with Gasteiger partial charge in [-0.05, 0) is 49.6 Å². The van der Waals surface area contributed by atoms with Gasteiger partial charge >= 0.3 is 76.7 Å². The predicted octanol–water partition coefficient (Wildman–Crippen LogP) is -8.06. The number of nitrogens with two attached hydrogens (primary N) is 3. The van der Waals surface area contributed by atoms with E-state index in [4.69, 9.17) is 54.8 Å². The Morgan fingerprint density at radius 2 is 1.27 bits per heavy atom. The summed E-state index contributed by atoms with van der Waals surface area (Å²) in [6.45, 7) is 26.1. The summed E-state index contributed by atoms with van der Waals surface area (Å²) in [6.07, 6.45) is 13.0. The van der Waals surface area contributed by atoms with E-state index in [-0.39, 0.29) is 123 Å². The summed E-state index contributed by atoms with van der Waals surface area (Å²) in [4.78, 5) is 49.9. The number of terminal acetylenes is 1. The molecule has 0 unspecified atom stereocenters. The normalized spacial score (nSPS) is 22.7. The third-order valence-electron chi connectivity index (χ3n) is 9.99. The monoisotopic (exact) mass is 1140 g/mol. The summed E-state index contributed by atoms with van der Waals surface area (Å²) in [7, 11) is 9.60. The van der Waals surface area contributed by atoms with Crippen LogP contribution in [0, 0.1) is 24.2 Å². The van der Waals surface area contributed by atoms with Gasteiger partial charge in [-0.25, -0.2) is 9.59 Å². The Morgan fingerprint density at radius 1 is 0.859 bits per heavy atom. The molecule has 2 fully saturated rings. The van der Waals surface area contributed by atoms with Crippen LogP contribution in [0.3, 0.4) is 0 Å². The standard InChI is InChI=1S/C14H25N5O4.C14H25N5O2.C11H20N4O.C5H4.C3H6ClNO.CH2O3.H3N.2Na.H/c1-8(15)16-12-10(7-23-13(21)18(3)4)17-9(2)19-6-5-11(20)14(12,19)22;1-10(15)17-12-7-5-6-8-16-11(2)18-13(12)9-21-14(20)19(3)4;1-8(12)14-10-5-3-4-6-13-9(2)15-11(10)7-16;1-3-5-4-2;1-5(2)3(4)6;2-1-4-3;;;;/h10-12,16-17,20,22H,1-2,5-7,15H2,3-4H3;5,7,12-13,16-18H,1-2,6,8-9,15H2,3-4H3;3,5,10-11,13-16H,1-2,4,6-7,12H2;1H,2H3;1-2H3;1,3H;1H3;;;/q;;;;;;;2*+1;-1/p-1/b;7-5-;5-3-;;;;;;;/t10-,11-,12-,14-;12-,13+;10-,11+;;;;;;;/m011......./s1. The van der Waals surface area contributed by atoms with Gasteiger partial charge < -0.3 is 122 Å². The Bertz CT molecular complexity index is 2060. The number of amides is 3. The van der Waals surface area contributed by atoms with Crippen LogP contribution >= 0.6 is 11.6 Å². The van der Waals surface area contributed by atoms with Gasteiger partial charge in [0.05, 0.1) is 71.7 Å². The molecule has 8 atom stereocenters. The average molecular weight is 1140 g/mol. The fourth-order valence-corrected chi connectivity index (χ4v) is 6.54. The first-order valence-corrected chi connectivity index (χ1v) is 23.3. The van der Waals surface area contributed by atoms with Crippen LogP contribution < -0.4 is 130 Å². The van der Waals surface area contributed by atoms with E-state index in [1.165, 1.54) is 14.7 Å². The third-order valence-corrected chi connectivity index (χ3v) is 10.3. The Morgan fingerprint density at radius 3 is 1.62 bits per heavy atom. The molecular formula is C48H85ClN16Na2O11. The van der Waals surface area contributed by atoms with Gasteiger partial charge in [0, 0.05) is 61.9 Å². The van der Waals surface area contributed by atoms with Crippen molar-refractivity contribution in [1.82, 2.24) is 68.3 Å². The van der Waals surface area contributed by atoms with Gasteiger partial charge in [0.25, 0.3) is 6.47 Å². The number of aliphatic hydroxyl groups is 3. The minimum Gasteiger partial charge on any atom is -1.00 e.